The van der Waals surface area contributed by atoms with Gasteiger partial charge in [0, 0.05) is 60.4 Å². The van der Waals surface area contributed by atoms with Crippen LogP contribution in [0.3, 0.4) is 0 Å². The minimum Gasteiger partial charge on any atom is -0.438 e. The van der Waals surface area contributed by atoms with E-state index in [0.29, 0.717) is 42.5 Å². The molecule has 2 aliphatic heterocycles. The number of ether oxygens (including phenoxy) is 1. The summed E-state index contributed by atoms with van der Waals surface area (Å²) >= 11 is 6.03. The Morgan fingerprint density at radius 3 is 2.66 bits per heavy atom. The van der Waals surface area contributed by atoms with E-state index in [1.807, 2.05) is 48.5 Å². The van der Waals surface area contributed by atoms with Crippen LogP contribution in [0.4, 0.5) is 0 Å². The number of aliphatic hydroxyl groups is 1. The summed E-state index contributed by atoms with van der Waals surface area (Å²) in [7, 11) is 0. The quantitative estimate of drug-likeness (QED) is 0.341. The second-order valence-corrected chi connectivity index (χ2v) is 11.3. The number of pyridine rings is 1. The predicted molar refractivity (Wildman–Crippen MR) is 150 cm³/mol. The Labute approximate surface area is 229 Å². The summed E-state index contributed by atoms with van der Waals surface area (Å²) in [6, 6.07) is 17.4. The van der Waals surface area contributed by atoms with Crippen LogP contribution in [-0.4, -0.2) is 40.4 Å². The average molecular weight is 529 g/mol. The average Bonchev–Trinajstić information content (AvgIpc) is 3.76. The lowest BCUT2D eigenvalue weighted by atomic mass is 9.84. The molecule has 196 valence electrons. The molecule has 0 bridgehead atoms. The number of ketones is 1. The van der Waals surface area contributed by atoms with Crippen molar-refractivity contribution in [1.82, 2.24) is 9.88 Å². The zero-order valence-corrected chi connectivity index (χ0v) is 22.3. The molecule has 2 fully saturated rings. The number of hydrogen-bond acceptors (Lipinski definition) is 5. The first-order valence-corrected chi connectivity index (χ1v) is 14.0. The van der Waals surface area contributed by atoms with Crippen molar-refractivity contribution >= 4 is 23.0 Å². The van der Waals surface area contributed by atoms with Crippen molar-refractivity contribution in [3.05, 3.63) is 94.1 Å². The van der Waals surface area contributed by atoms with Gasteiger partial charge in [-0.1, -0.05) is 41.9 Å². The molecule has 0 atom stereocenters. The monoisotopic (exact) mass is 528 g/mol. The highest BCUT2D eigenvalue weighted by Gasteiger charge is 2.34. The van der Waals surface area contributed by atoms with Crippen LogP contribution in [0.25, 0.3) is 5.57 Å². The summed E-state index contributed by atoms with van der Waals surface area (Å²) in [6.45, 7) is 2.59. The van der Waals surface area contributed by atoms with Crippen LogP contribution in [0.5, 0.6) is 11.6 Å². The maximum Gasteiger partial charge on any atom is 0.226 e. The Kier molecular flexibility index (Phi) is 7.08. The van der Waals surface area contributed by atoms with Crippen molar-refractivity contribution in [2.45, 2.75) is 50.5 Å². The van der Waals surface area contributed by atoms with Gasteiger partial charge in [0.15, 0.2) is 5.78 Å². The first kappa shape index (κ1) is 25.3. The highest BCUT2D eigenvalue weighted by atomic mass is 35.5. The smallest absolute Gasteiger partial charge is 0.226 e. The van der Waals surface area contributed by atoms with Crippen molar-refractivity contribution in [1.29, 1.82) is 0 Å². The number of rotatable bonds is 7. The van der Waals surface area contributed by atoms with Crippen molar-refractivity contribution in [3.63, 3.8) is 0 Å². The van der Waals surface area contributed by atoms with Gasteiger partial charge in [-0.25, -0.2) is 4.98 Å². The van der Waals surface area contributed by atoms with E-state index in [1.54, 1.807) is 6.20 Å². The summed E-state index contributed by atoms with van der Waals surface area (Å²) in [6.07, 6.45) is 9.89. The SMILES string of the molecule is O=C(CC1CC1)c1cccc2c1CC(=CCCN1CCC(O)(c3ccc(Cl)cc3)CC1)c1cccnc1O2. The fraction of sp³-hybridized carbons (Fsp3) is 0.375. The summed E-state index contributed by atoms with van der Waals surface area (Å²) in [4.78, 5) is 20.1. The molecule has 38 heavy (non-hydrogen) atoms. The third kappa shape index (κ3) is 5.42. The third-order valence-corrected chi connectivity index (χ3v) is 8.45. The van der Waals surface area contributed by atoms with Crippen LogP contribution in [0, 0.1) is 5.92 Å². The fourth-order valence-electron chi connectivity index (χ4n) is 5.70. The van der Waals surface area contributed by atoms with Crippen molar-refractivity contribution in [2.24, 2.45) is 5.92 Å². The molecule has 0 radical (unpaired) electrons. The first-order valence-electron chi connectivity index (χ1n) is 13.7. The van der Waals surface area contributed by atoms with Crippen LogP contribution < -0.4 is 4.74 Å². The van der Waals surface area contributed by atoms with Gasteiger partial charge in [0.25, 0.3) is 0 Å². The Balaban J connectivity index is 1.17. The number of aromatic nitrogens is 1. The van der Waals surface area contributed by atoms with E-state index in [-0.39, 0.29) is 5.78 Å². The van der Waals surface area contributed by atoms with Crippen molar-refractivity contribution in [3.8, 4) is 11.6 Å². The number of nitrogens with zero attached hydrogens (tertiary/aromatic N) is 2. The van der Waals surface area contributed by atoms with Crippen LogP contribution in [-0.2, 0) is 12.0 Å². The number of fused-ring (bicyclic) bond motifs is 2. The Morgan fingerprint density at radius 1 is 1.11 bits per heavy atom. The molecular weight excluding hydrogens is 496 g/mol. The molecule has 3 aromatic rings. The van der Waals surface area contributed by atoms with E-state index in [2.05, 4.69) is 22.0 Å². The van der Waals surface area contributed by atoms with E-state index in [4.69, 9.17) is 16.3 Å². The molecule has 6 heteroatoms. The van der Waals surface area contributed by atoms with Crippen LogP contribution >= 0.6 is 11.6 Å². The molecule has 2 aromatic carbocycles. The molecule has 6 rings (SSSR count). The molecule has 0 spiro atoms. The van der Waals surface area contributed by atoms with E-state index in [1.165, 1.54) is 0 Å². The second kappa shape index (κ2) is 10.6. The minimum absolute atomic E-state index is 0.215. The summed E-state index contributed by atoms with van der Waals surface area (Å²) in [5.41, 5.74) is 4.03. The van der Waals surface area contributed by atoms with Gasteiger partial charge in [-0.3, -0.25) is 4.79 Å². The summed E-state index contributed by atoms with van der Waals surface area (Å²) in [5.74, 6) is 2.08. The van der Waals surface area contributed by atoms with Gasteiger partial charge in [0.1, 0.15) is 5.75 Å². The molecular formula is C32H33ClN2O3. The van der Waals surface area contributed by atoms with E-state index >= 15 is 0 Å². The number of piperidine rings is 1. The topological polar surface area (TPSA) is 62.7 Å². The molecule has 0 unspecified atom stereocenters. The van der Waals surface area contributed by atoms with Crippen molar-refractivity contribution < 1.29 is 14.6 Å². The summed E-state index contributed by atoms with van der Waals surface area (Å²) < 4.78 is 6.26. The number of allylic oxidation sites excluding steroid dienone is 1. The van der Waals surface area contributed by atoms with E-state index < -0.39 is 5.60 Å². The maximum atomic E-state index is 13.1. The molecule has 5 nitrogen and oxygen atoms in total. The minimum atomic E-state index is -0.796. The maximum absolute atomic E-state index is 13.1. The standard InChI is InChI=1S/C32H33ClN2O3/c33-25-12-10-24(11-13-25)32(37)14-18-35(19-15-32)17-3-4-23-21-28-27(29(36)20-22-8-9-22)5-1-7-30(28)38-31-26(23)6-2-16-34-31/h1-2,4-7,10-13,16,22,37H,3,8-9,14-15,17-21H2. The molecule has 3 heterocycles. The number of hydrogen-bond donors (Lipinski definition) is 1. The Hall–Kier alpha value is -2.99. The molecule has 3 aliphatic rings. The van der Waals surface area contributed by atoms with Gasteiger partial charge in [-0.2, -0.15) is 0 Å². The lowest BCUT2D eigenvalue weighted by Crippen LogP contribution is -2.42. The molecule has 1 aliphatic carbocycles. The first-order chi connectivity index (χ1) is 18.5. The van der Waals surface area contributed by atoms with Gasteiger partial charge in [0.2, 0.25) is 5.88 Å². The Morgan fingerprint density at radius 2 is 1.89 bits per heavy atom. The lowest BCUT2D eigenvalue weighted by molar-refractivity contribution is -0.0254. The van der Waals surface area contributed by atoms with E-state index in [0.717, 1.165) is 72.5 Å². The van der Waals surface area contributed by atoms with Gasteiger partial charge >= 0.3 is 0 Å². The highest BCUT2D eigenvalue weighted by molar-refractivity contribution is 6.30. The number of carbonyl (C=O) groups excluding carboxylic acids is 1. The van der Waals surface area contributed by atoms with E-state index in [9.17, 15) is 9.90 Å². The zero-order valence-electron chi connectivity index (χ0n) is 21.5. The van der Waals surface area contributed by atoms with Gasteiger partial charge < -0.3 is 14.7 Å². The molecule has 1 aromatic heterocycles. The Bertz CT molecular complexity index is 1360. The van der Waals surface area contributed by atoms with Gasteiger partial charge in [0.05, 0.1) is 5.60 Å². The number of likely N-dealkylation sites (tertiary alicyclic amines) is 1. The second-order valence-electron chi connectivity index (χ2n) is 10.9. The zero-order chi connectivity index (χ0) is 26.1. The van der Waals surface area contributed by atoms with Gasteiger partial charge in [-0.15, -0.1) is 0 Å². The van der Waals surface area contributed by atoms with Crippen LogP contribution in [0.2, 0.25) is 5.02 Å². The third-order valence-electron chi connectivity index (χ3n) is 8.20. The summed E-state index contributed by atoms with van der Waals surface area (Å²) in [5, 5.41) is 11.9. The molecule has 0 amide bonds. The van der Waals surface area contributed by atoms with Gasteiger partial charge in [-0.05, 0) is 79.5 Å². The van der Waals surface area contributed by atoms with Crippen molar-refractivity contribution in [2.75, 3.05) is 19.6 Å². The largest absolute Gasteiger partial charge is 0.438 e. The molecule has 1 saturated carbocycles. The lowest BCUT2D eigenvalue weighted by Gasteiger charge is -2.38. The molecule has 1 N–H and O–H groups in total. The number of halogens is 1. The number of carbonyl (C=O) groups is 1. The normalized spacial score (nSPS) is 19.8. The van der Waals surface area contributed by atoms with Crippen LogP contribution in [0.1, 0.15) is 65.6 Å². The number of benzene rings is 2. The fourth-order valence-corrected chi connectivity index (χ4v) is 5.83. The highest BCUT2D eigenvalue weighted by Crippen LogP contribution is 2.41. The molecule has 1 saturated heterocycles. The number of Topliss-reactive ketones (excluding diaryl/α,β-unsaturated/α-hetero) is 1. The van der Waals surface area contributed by atoms with Crippen LogP contribution in [0.15, 0.2) is 66.9 Å². The predicted octanol–water partition coefficient (Wildman–Crippen LogP) is 6.82.